The number of hydrogen-bond donors (Lipinski definition) is 1. The quantitative estimate of drug-likeness (QED) is 0.498. The third-order valence-corrected chi connectivity index (χ3v) is 5.73. The van der Waals surface area contributed by atoms with Crippen LogP contribution in [0.4, 0.5) is 17.7 Å². The molecule has 1 N–H and O–H groups in total. The maximum absolute atomic E-state index is 13.1. The average molecular weight is 444 g/mol. The third-order valence-electron chi connectivity index (χ3n) is 5.73. The number of benzene rings is 2. The number of oxazole rings is 1. The number of carbonyl (C=O) groups excluding carboxylic acids is 1. The fraction of sp³-hybridized carbons (Fsp3) is 0.250. The monoisotopic (exact) mass is 444 g/mol. The van der Waals surface area contributed by atoms with Gasteiger partial charge in [0.25, 0.3) is 5.91 Å². The summed E-state index contributed by atoms with van der Waals surface area (Å²) >= 11 is 0. The Labute approximate surface area is 191 Å². The minimum atomic E-state index is -0.0599. The molecule has 0 saturated carbocycles. The molecule has 2 aromatic heterocycles. The summed E-state index contributed by atoms with van der Waals surface area (Å²) in [5, 5.41) is 2.97. The molecule has 0 spiro atoms. The molecule has 4 aromatic rings. The van der Waals surface area contributed by atoms with E-state index in [-0.39, 0.29) is 5.91 Å². The molecular weight excluding hydrogens is 420 g/mol. The molecule has 9 nitrogen and oxygen atoms in total. The van der Waals surface area contributed by atoms with Crippen LogP contribution in [0.1, 0.15) is 16.1 Å². The molecule has 1 amide bonds. The Morgan fingerprint density at radius 3 is 2.48 bits per heavy atom. The highest BCUT2D eigenvalue weighted by Gasteiger charge is 2.24. The van der Waals surface area contributed by atoms with Crippen molar-refractivity contribution in [2.75, 3.05) is 43.5 Å². The second-order valence-corrected chi connectivity index (χ2v) is 7.78. The predicted octanol–water partition coefficient (Wildman–Crippen LogP) is 3.64. The van der Waals surface area contributed by atoms with Gasteiger partial charge in [-0.3, -0.25) is 10.1 Å². The number of ether oxygens (including phenoxy) is 1. The van der Waals surface area contributed by atoms with E-state index in [2.05, 4.69) is 25.2 Å². The lowest BCUT2D eigenvalue weighted by molar-refractivity contribution is 0.0745. The number of para-hydroxylation sites is 2. The van der Waals surface area contributed by atoms with Gasteiger partial charge in [0, 0.05) is 38.1 Å². The van der Waals surface area contributed by atoms with Crippen molar-refractivity contribution in [3.05, 3.63) is 66.0 Å². The molecule has 1 saturated heterocycles. The smallest absolute Gasteiger partial charge is 0.302 e. The van der Waals surface area contributed by atoms with Crippen molar-refractivity contribution in [1.29, 1.82) is 0 Å². The van der Waals surface area contributed by atoms with E-state index in [0.717, 1.165) is 30.0 Å². The van der Waals surface area contributed by atoms with Gasteiger partial charge in [-0.25, -0.2) is 9.97 Å². The number of carbonyl (C=O) groups is 1. The molecule has 0 bridgehead atoms. The SMILES string of the molecule is COc1ccc(N2CCN(C(=O)c3cnc(Nc4nc5ccccc5o4)nc3C)CC2)cc1. The van der Waals surface area contributed by atoms with Gasteiger partial charge in [-0.1, -0.05) is 12.1 Å². The van der Waals surface area contributed by atoms with Crippen LogP contribution >= 0.6 is 0 Å². The maximum atomic E-state index is 13.1. The third kappa shape index (κ3) is 4.30. The van der Waals surface area contributed by atoms with Crippen LogP contribution in [0, 0.1) is 6.92 Å². The molecule has 5 rings (SSSR count). The molecule has 0 aliphatic carbocycles. The molecule has 168 valence electrons. The van der Waals surface area contributed by atoms with Crippen molar-refractivity contribution < 1.29 is 13.9 Å². The van der Waals surface area contributed by atoms with E-state index < -0.39 is 0 Å². The lowest BCUT2D eigenvalue weighted by atomic mass is 10.2. The largest absolute Gasteiger partial charge is 0.497 e. The van der Waals surface area contributed by atoms with E-state index in [9.17, 15) is 4.79 Å². The zero-order chi connectivity index (χ0) is 22.8. The normalized spacial score (nSPS) is 13.9. The molecule has 1 fully saturated rings. The molecule has 33 heavy (non-hydrogen) atoms. The van der Waals surface area contributed by atoms with Gasteiger partial charge in [0.15, 0.2) is 5.58 Å². The van der Waals surface area contributed by atoms with Crippen molar-refractivity contribution in [3.63, 3.8) is 0 Å². The molecule has 0 atom stereocenters. The van der Waals surface area contributed by atoms with E-state index in [0.29, 0.717) is 41.9 Å². The molecule has 3 heterocycles. The number of fused-ring (bicyclic) bond motifs is 1. The Morgan fingerprint density at radius 1 is 1.03 bits per heavy atom. The fourth-order valence-electron chi connectivity index (χ4n) is 3.89. The van der Waals surface area contributed by atoms with Gasteiger partial charge < -0.3 is 19.0 Å². The van der Waals surface area contributed by atoms with E-state index in [1.807, 2.05) is 53.4 Å². The Kier molecular flexibility index (Phi) is 5.52. The Hall–Kier alpha value is -4.14. The standard InChI is InChI=1S/C24H24N6O3/c1-16-19(15-25-23(26-16)28-24-27-20-5-3-4-6-21(20)33-24)22(31)30-13-11-29(12-14-30)17-7-9-18(32-2)10-8-17/h3-10,15H,11-14H2,1-2H3,(H,25,26,27,28). The summed E-state index contributed by atoms with van der Waals surface area (Å²) in [5.41, 5.74) is 3.65. The summed E-state index contributed by atoms with van der Waals surface area (Å²) in [6, 6.07) is 15.8. The average Bonchev–Trinajstić information content (AvgIpc) is 3.26. The highest BCUT2D eigenvalue weighted by atomic mass is 16.5. The molecule has 1 aliphatic heterocycles. The van der Waals surface area contributed by atoms with Crippen molar-refractivity contribution in [2.45, 2.75) is 6.92 Å². The van der Waals surface area contributed by atoms with E-state index in [1.165, 1.54) is 0 Å². The van der Waals surface area contributed by atoms with Gasteiger partial charge in [0.2, 0.25) is 5.95 Å². The van der Waals surface area contributed by atoms with Gasteiger partial charge in [-0.2, -0.15) is 4.98 Å². The number of amides is 1. The second-order valence-electron chi connectivity index (χ2n) is 7.78. The van der Waals surface area contributed by atoms with Crippen molar-refractivity contribution in [3.8, 4) is 5.75 Å². The van der Waals surface area contributed by atoms with Gasteiger partial charge >= 0.3 is 6.01 Å². The molecule has 9 heteroatoms. The first-order chi connectivity index (χ1) is 16.1. The summed E-state index contributed by atoms with van der Waals surface area (Å²) in [4.78, 5) is 30.3. The topological polar surface area (TPSA) is 96.6 Å². The van der Waals surface area contributed by atoms with Crippen molar-refractivity contribution >= 4 is 34.7 Å². The zero-order valence-electron chi connectivity index (χ0n) is 18.5. The predicted molar refractivity (Wildman–Crippen MR) is 125 cm³/mol. The van der Waals surface area contributed by atoms with Gasteiger partial charge in [-0.15, -0.1) is 0 Å². The lowest BCUT2D eigenvalue weighted by Crippen LogP contribution is -2.49. The number of piperazine rings is 1. The van der Waals surface area contributed by atoms with E-state index >= 15 is 0 Å². The Morgan fingerprint density at radius 2 is 1.79 bits per heavy atom. The summed E-state index contributed by atoms with van der Waals surface area (Å²) in [7, 11) is 1.66. The molecule has 0 unspecified atom stereocenters. The van der Waals surface area contributed by atoms with Crippen LogP contribution in [0.3, 0.4) is 0 Å². The second kappa shape index (κ2) is 8.78. The van der Waals surface area contributed by atoms with Crippen LogP contribution in [-0.4, -0.2) is 59.0 Å². The number of aromatic nitrogens is 3. The van der Waals surface area contributed by atoms with Gasteiger partial charge in [0.1, 0.15) is 11.3 Å². The van der Waals surface area contributed by atoms with Crippen LogP contribution in [-0.2, 0) is 0 Å². The number of aryl methyl sites for hydroxylation is 1. The van der Waals surface area contributed by atoms with E-state index in [1.54, 1.807) is 20.2 Å². The number of rotatable bonds is 5. The van der Waals surface area contributed by atoms with E-state index in [4.69, 9.17) is 9.15 Å². The van der Waals surface area contributed by atoms with Gasteiger partial charge in [0.05, 0.1) is 18.4 Å². The maximum Gasteiger partial charge on any atom is 0.302 e. The highest BCUT2D eigenvalue weighted by molar-refractivity contribution is 5.95. The molecule has 1 aliphatic rings. The minimum absolute atomic E-state index is 0.0599. The molecular formula is C24H24N6O3. The number of nitrogens with one attached hydrogen (secondary N) is 1. The van der Waals surface area contributed by atoms with Gasteiger partial charge in [-0.05, 0) is 43.3 Å². The minimum Gasteiger partial charge on any atom is -0.497 e. The molecule has 0 radical (unpaired) electrons. The van der Waals surface area contributed by atoms with Crippen LogP contribution in [0.25, 0.3) is 11.1 Å². The summed E-state index contributed by atoms with van der Waals surface area (Å²) in [6.07, 6.45) is 1.56. The summed E-state index contributed by atoms with van der Waals surface area (Å²) in [5.74, 6) is 1.10. The lowest BCUT2D eigenvalue weighted by Gasteiger charge is -2.36. The number of nitrogens with zero attached hydrogens (tertiary/aromatic N) is 5. The fourth-order valence-corrected chi connectivity index (χ4v) is 3.89. The summed E-state index contributed by atoms with van der Waals surface area (Å²) in [6.45, 7) is 4.59. The Bertz CT molecular complexity index is 1250. The zero-order valence-corrected chi connectivity index (χ0v) is 18.5. The number of hydrogen-bond acceptors (Lipinski definition) is 8. The van der Waals surface area contributed by atoms with Crippen LogP contribution in [0.15, 0.2) is 59.1 Å². The first-order valence-corrected chi connectivity index (χ1v) is 10.8. The first-order valence-electron chi connectivity index (χ1n) is 10.8. The Balaban J connectivity index is 1.23. The highest BCUT2D eigenvalue weighted by Crippen LogP contribution is 2.23. The van der Waals surface area contributed by atoms with Crippen LogP contribution < -0.4 is 15.0 Å². The van der Waals surface area contributed by atoms with Crippen molar-refractivity contribution in [1.82, 2.24) is 19.9 Å². The number of anilines is 3. The van der Waals surface area contributed by atoms with Crippen LogP contribution in [0.5, 0.6) is 5.75 Å². The van der Waals surface area contributed by atoms with Crippen LogP contribution in [0.2, 0.25) is 0 Å². The summed E-state index contributed by atoms with van der Waals surface area (Å²) < 4.78 is 10.9. The molecule has 2 aromatic carbocycles. The van der Waals surface area contributed by atoms with Crippen molar-refractivity contribution in [2.24, 2.45) is 0 Å². The first kappa shape index (κ1) is 20.7. The number of methoxy groups -OCH3 is 1.